The van der Waals surface area contributed by atoms with Crippen LogP contribution < -0.4 is 10.1 Å². The molecule has 7 heteroatoms. The second-order valence-corrected chi connectivity index (χ2v) is 11.7. The fourth-order valence-corrected chi connectivity index (χ4v) is 5.69. The molecule has 1 N–H and O–H groups in total. The average molecular weight is 552 g/mol. The van der Waals surface area contributed by atoms with Crippen molar-refractivity contribution in [3.05, 3.63) is 65.0 Å². The lowest BCUT2D eigenvalue weighted by Gasteiger charge is -2.32. The Bertz CT molecular complexity index is 1110. The van der Waals surface area contributed by atoms with Crippen molar-refractivity contribution in [3.8, 4) is 5.75 Å². The van der Waals surface area contributed by atoms with E-state index in [1.807, 2.05) is 23.1 Å². The Morgan fingerprint density at radius 3 is 2.62 bits per heavy atom. The molecule has 2 amide bonds. The largest absolute Gasteiger partial charge is 0.493 e. The van der Waals surface area contributed by atoms with Crippen molar-refractivity contribution in [1.82, 2.24) is 15.1 Å². The van der Waals surface area contributed by atoms with Crippen LogP contribution in [0.25, 0.3) is 0 Å². The molecule has 0 atom stereocenters. The monoisotopic (exact) mass is 551 g/mol. The second kappa shape index (κ2) is 15.2. The summed E-state index contributed by atoms with van der Waals surface area (Å²) in [5.41, 5.74) is 2.98. The molecule has 0 bridgehead atoms. The number of hydrogen-bond acceptors (Lipinski definition) is 4. The third-order valence-corrected chi connectivity index (χ3v) is 8.35. The van der Waals surface area contributed by atoms with Gasteiger partial charge in [-0.25, -0.2) is 4.39 Å². The van der Waals surface area contributed by atoms with Crippen LogP contribution in [0, 0.1) is 11.7 Å². The number of nitrogens with zero attached hydrogens (tertiary/aromatic N) is 2. The zero-order valence-corrected chi connectivity index (χ0v) is 24.3. The van der Waals surface area contributed by atoms with E-state index in [4.69, 9.17) is 4.74 Å². The summed E-state index contributed by atoms with van der Waals surface area (Å²) in [5.74, 6) is 1.55. The van der Waals surface area contributed by atoms with Gasteiger partial charge in [0, 0.05) is 44.2 Å². The van der Waals surface area contributed by atoms with E-state index in [1.165, 1.54) is 6.07 Å². The molecule has 2 aromatic carbocycles. The number of carbonyl (C=O) groups is 2. The summed E-state index contributed by atoms with van der Waals surface area (Å²) in [4.78, 5) is 29.7. The van der Waals surface area contributed by atoms with Gasteiger partial charge in [0.05, 0.1) is 13.2 Å². The first-order valence-corrected chi connectivity index (χ1v) is 15.2. The molecule has 1 fully saturated rings. The number of carbonyl (C=O) groups excluding carboxylic acids is 2. The van der Waals surface area contributed by atoms with Crippen LogP contribution in [0.15, 0.2) is 42.5 Å². The molecule has 0 unspecified atom stereocenters. The van der Waals surface area contributed by atoms with Gasteiger partial charge in [0.2, 0.25) is 11.8 Å². The Morgan fingerprint density at radius 2 is 1.85 bits per heavy atom. The van der Waals surface area contributed by atoms with E-state index >= 15 is 0 Å². The minimum Gasteiger partial charge on any atom is -0.493 e. The van der Waals surface area contributed by atoms with Crippen molar-refractivity contribution in [2.24, 2.45) is 5.92 Å². The molecule has 0 aliphatic carbocycles. The first kappa shape index (κ1) is 30.0. The van der Waals surface area contributed by atoms with Gasteiger partial charge >= 0.3 is 0 Å². The number of rotatable bonds is 7. The molecule has 2 heterocycles. The topological polar surface area (TPSA) is 61.9 Å². The first-order chi connectivity index (χ1) is 19.4. The van der Waals surface area contributed by atoms with Gasteiger partial charge in [-0.1, -0.05) is 30.3 Å². The predicted molar refractivity (Wildman–Crippen MR) is 157 cm³/mol. The SMILES string of the molecule is CC(C)N1CC(=O)NCCCCCOc2ccc(CCC(=O)N3CCC(CCc4ccccc4F)CC3)cc2C1. The van der Waals surface area contributed by atoms with Crippen LogP contribution in [0.1, 0.15) is 75.5 Å². The molecular weight excluding hydrogens is 505 g/mol. The predicted octanol–water partition coefficient (Wildman–Crippen LogP) is 5.52. The second-order valence-electron chi connectivity index (χ2n) is 11.7. The third-order valence-electron chi connectivity index (χ3n) is 8.35. The Hall–Kier alpha value is -2.93. The highest BCUT2D eigenvalue weighted by Crippen LogP contribution is 2.26. The Labute approximate surface area is 239 Å². The van der Waals surface area contributed by atoms with Gasteiger partial charge in [-0.2, -0.15) is 0 Å². The maximum Gasteiger partial charge on any atom is 0.234 e. The molecule has 40 heavy (non-hydrogen) atoms. The molecule has 2 aliphatic heterocycles. The average Bonchev–Trinajstić information content (AvgIpc) is 2.96. The molecule has 218 valence electrons. The Morgan fingerprint density at radius 1 is 1.05 bits per heavy atom. The number of halogens is 1. The van der Waals surface area contributed by atoms with Crippen LogP contribution in [0.3, 0.4) is 0 Å². The lowest BCUT2D eigenvalue weighted by Crippen LogP contribution is -2.40. The zero-order valence-electron chi connectivity index (χ0n) is 24.3. The van der Waals surface area contributed by atoms with Crippen LogP contribution in [0.4, 0.5) is 4.39 Å². The molecule has 0 saturated carbocycles. The molecule has 6 nitrogen and oxygen atoms in total. The fourth-order valence-electron chi connectivity index (χ4n) is 5.69. The van der Waals surface area contributed by atoms with E-state index in [0.29, 0.717) is 45.0 Å². The van der Waals surface area contributed by atoms with E-state index < -0.39 is 0 Å². The number of likely N-dealkylation sites (tertiary alicyclic amines) is 1. The number of aryl methyl sites for hydroxylation is 2. The van der Waals surface area contributed by atoms with Crippen LogP contribution in [0.2, 0.25) is 0 Å². The number of fused-ring (bicyclic) bond motifs is 1. The summed E-state index contributed by atoms with van der Waals surface area (Å²) >= 11 is 0. The van der Waals surface area contributed by atoms with Crippen molar-refractivity contribution in [2.75, 3.05) is 32.8 Å². The standard InChI is InChI=1S/C33H46FN3O3/c1-25(2)37-23-29-22-27(11-14-31(29)40-21-7-3-6-18-35-32(38)24-37)12-15-33(39)36-19-16-26(17-20-36)10-13-28-8-4-5-9-30(28)34/h4-5,8-9,11,14,22,25-26H,3,6-7,10,12-13,15-21,23-24H2,1-2H3,(H,35,38). The quantitative estimate of drug-likeness (QED) is 0.492. The maximum atomic E-state index is 13.9. The number of hydrogen-bond donors (Lipinski definition) is 1. The molecular formula is C33H46FN3O3. The smallest absolute Gasteiger partial charge is 0.234 e. The highest BCUT2D eigenvalue weighted by molar-refractivity contribution is 5.78. The van der Waals surface area contributed by atoms with Crippen LogP contribution in [0.5, 0.6) is 5.75 Å². The molecule has 4 rings (SSSR count). The van der Waals surface area contributed by atoms with Gasteiger partial charge in [0.1, 0.15) is 11.6 Å². The molecule has 0 spiro atoms. The first-order valence-electron chi connectivity index (χ1n) is 15.2. The van der Waals surface area contributed by atoms with E-state index in [2.05, 4.69) is 36.2 Å². The summed E-state index contributed by atoms with van der Waals surface area (Å²) in [6.07, 6.45) is 7.79. The van der Waals surface area contributed by atoms with Gasteiger partial charge in [0.25, 0.3) is 0 Å². The Kier molecular flexibility index (Phi) is 11.4. The lowest BCUT2D eigenvalue weighted by atomic mass is 9.90. The highest BCUT2D eigenvalue weighted by Gasteiger charge is 2.23. The number of benzene rings is 2. The van der Waals surface area contributed by atoms with Gasteiger partial charge in [0.15, 0.2) is 0 Å². The van der Waals surface area contributed by atoms with Gasteiger partial charge in [-0.3, -0.25) is 14.5 Å². The van der Waals surface area contributed by atoms with Crippen molar-refractivity contribution in [2.45, 2.75) is 84.2 Å². The lowest BCUT2D eigenvalue weighted by molar-refractivity contribution is -0.132. The number of nitrogens with one attached hydrogen (secondary N) is 1. The fraction of sp³-hybridized carbons (Fsp3) is 0.576. The van der Waals surface area contributed by atoms with E-state index in [-0.39, 0.29) is 23.7 Å². The van der Waals surface area contributed by atoms with Crippen LogP contribution in [-0.2, 0) is 29.0 Å². The summed E-state index contributed by atoms with van der Waals surface area (Å²) in [6, 6.07) is 13.5. The van der Waals surface area contributed by atoms with Crippen LogP contribution >= 0.6 is 0 Å². The summed E-state index contributed by atoms with van der Waals surface area (Å²) in [6.45, 7) is 8.14. The molecule has 2 aromatic rings. The molecule has 0 aromatic heterocycles. The van der Waals surface area contributed by atoms with Gasteiger partial charge in [-0.15, -0.1) is 0 Å². The number of amides is 2. The van der Waals surface area contributed by atoms with Gasteiger partial charge < -0.3 is 15.0 Å². The van der Waals surface area contributed by atoms with E-state index in [0.717, 1.165) is 80.5 Å². The third kappa shape index (κ3) is 9.05. The summed E-state index contributed by atoms with van der Waals surface area (Å²) < 4.78 is 20.1. The maximum absolute atomic E-state index is 13.9. The van der Waals surface area contributed by atoms with E-state index in [9.17, 15) is 14.0 Å². The normalized spacial score (nSPS) is 18.2. The highest BCUT2D eigenvalue weighted by atomic mass is 19.1. The summed E-state index contributed by atoms with van der Waals surface area (Å²) in [5, 5.41) is 3.05. The molecule has 1 saturated heterocycles. The van der Waals surface area contributed by atoms with Crippen molar-refractivity contribution in [1.29, 1.82) is 0 Å². The minimum absolute atomic E-state index is 0.0631. The zero-order chi connectivity index (χ0) is 28.3. The number of ether oxygens (including phenoxy) is 1. The van der Waals surface area contributed by atoms with E-state index in [1.54, 1.807) is 6.07 Å². The molecule has 2 aliphatic rings. The molecule has 0 radical (unpaired) electrons. The summed E-state index contributed by atoms with van der Waals surface area (Å²) in [7, 11) is 0. The minimum atomic E-state index is -0.120. The van der Waals surface area contributed by atoms with Crippen LogP contribution in [-0.4, -0.2) is 60.4 Å². The van der Waals surface area contributed by atoms with Crippen molar-refractivity contribution >= 4 is 11.8 Å². The Balaban J connectivity index is 1.31. The van der Waals surface area contributed by atoms with Crippen molar-refractivity contribution in [3.63, 3.8) is 0 Å². The van der Waals surface area contributed by atoms with Crippen molar-refractivity contribution < 1.29 is 18.7 Å². The van der Waals surface area contributed by atoms with Gasteiger partial charge in [-0.05, 0) is 94.4 Å². The number of piperidine rings is 1.